The Bertz CT molecular complexity index is 657. The van der Waals surface area contributed by atoms with E-state index in [4.69, 9.17) is 10.5 Å². The molecule has 0 saturated heterocycles. The molecule has 0 spiro atoms. The van der Waals surface area contributed by atoms with E-state index in [1.54, 1.807) is 24.3 Å². The third kappa shape index (κ3) is 4.74. The van der Waals surface area contributed by atoms with E-state index >= 15 is 0 Å². The second-order valence-electron chi connectivity index (χ2n) is 4.84. The maximum absolute atomic E-state index is 12.2. The molecular formula is C17H19N3O3. The van der Waals surface area contributed by atoms with Crippen molar-refractivity contribution in [3.63, 3.8) is 0 Å². The standard InChI is InChI=1S/C17H19N3O3/c1-13(21)20(15-9-7-14(18)8-10-15)17(22)19-11-12-23-16-5-3-2-4-6-16/h2-10H,11-12,18H2,1H3,(H,19,22). The van der Waals surface area contributed by atoms with Crippen LogP contribution in [-0.4, -0.2) is 25.1 Å². The van der Waals surface area contributed by atoms with Crippen LogP contribution in [0.25, 0.3) is 0 Å². The van der Waals surface area contributed by atoms with Gasteiger partial charge in [-0.1, -0.05) is 18.2 Å². The molecule has 0 fully saturated rings. The molecule has 6 nitrogen and oxygen atoms in total. The minimum Gasteiger partial charge on any atom is -0.492 e. The summed E-state index contributed by atoms with van der Waals surface area (Å²) in [5.74, 6) is 0.347. The lowest BCUT2D eigenvalue weighted by Crippen LogP contribution is -2.44. The van der Waals surface area contributed by atoms with E-state index in [-0.39, 0.29) is 12.5 Å². The molecule has 0 aliphatic heterocycles. The Labute approximate surface area is 134 Å². The molecule has 6 heteroatoms. The summed E-state index contributed by atoms with van der Waals surface area (Å²) in [6.07, 6.45) is 0. The monoisotopic (exact) mass is 313 g/mol. The summed E-state index contributed by atoms with van der Waals surface area (Å²) in [6.45, 7) is 1.92. The first-order valence-corrected chi connectivity index (χ1v) is 7.20. The van der Waals surface area contributed by atoms with Gasteiger partial charge in [0, 0.05) is 12.6 Å². The van der Waals surface area contributed by atoms with Crippen molar-refractivity contribution in [2.24, 2.45) is 0 Å². The van der Waals surface area contributed by atoms with Gasteiger partial charge in [0.05, 0.1) is 12.2 Å². The zero-order valence-electron chi connectivity index (χ0n) is 12.9. The van der Waals surface area contributed by atoms with Crippen LogP contribution in [0.1, 0.15) is 6.92 Å². The van der Waals surface area contributed by atoms with Crippen molar-refractivity contribution >= 4 is 23.3 Å². The fourth-order valence-electron chi connectivity index (χ4n) is 1.99. The predicted octanol–water partition coefficient (Wildman–Crippen LogP) is 2.41. The van der Waals surface area contributed by atoms with Crippen LogP contribution in [0.4, 0.5) is 16.2 Å². The number of ether oxygens (including phenoxy) is 1. The predicted molar refractivity (Wildman–Crippen MR) is 89.4 cm³/mol. The number of urea groups is 1. The summed E-state index contributed by atoms with van der Waals surface area (Å²) in [7, 11) is 0. The lowest BCUT2D eigenvalue weighted by molar-refractivity contribution is -0.115. The zero-order chi connectivity index (χ0) is 16.7. The van der Waals surface area contributed by atoms with Crippen LogP contribution in [0.2, 0.25) is 0 Å². The minimum absolute atomic E-state index is 0.284. The summed E-state index contributed by atoms with van der Waals surface area (Å²) in [5.41, 5.74) is 6.64. The van der Waals surface area contributed by atoms with Crippen LogP contribution < -0.4 is 20.7 Å². The normalized spacial score (nSPS) is 9.96. The van der Waals surface area contributed by atoms with Crippen molar-refractivity contribution in [2.75, 3.05) is 23.8 Å². The minimum atomic E-state index is -0.501. The van der Waals surface area contributed by atoms with Crippen molar-refractivity contribution < 1.29 is 14.3 Å². The van der Waals surface area contributed by atoms with Gasteiger partial charge >= 0.3 is 6.03 Å². The maximum Gasteiger partial charge on any atom is 0.328 e. The van der Waals surface area contributed by atoms with Crippen LogP contribution in [0.15, 0.2) is 54.6 Å². The third-order valence-electron chi connectivity index (χ3n) is 3.06. The number of carbonyl (C=O) groups is 2. The average molecular weight is 313 g/mol. The molecule has 2 aromatic carbocycles. The van der Waals surface area contributed by atoms with Gasteiger partial charge in [-0.25, -0.2) is 9.69 Å². The van der Waals surface area contributed by atoms with Crippen LogP contribution in [0.5, 0.6) is 5.75 Å². The average Bonchev–Trinajstić information content (AvgIpc) is 2.54. The fraction of sp³-hybridized carbons (Fsp3) is 0.176. The molecule has 0 aliphatic carbocycles. The molecule has 0 aliphatic rings. The number of imide groups is 1. The van der Waals surface area contributed by atoms with Gasteiger partial charge < -0.3 is 15.8 Å². The number of benzene rings is 2. The molecule has 120 valence electrons. The Morgan fingerprint density at radius 1 is 1.09 bits per heavy atom. The summed E-state index contributed by atoms with van der Waals surface area (Å²) < 4.78 is 5.48. The van der Waals surface area contributed by atoms with Gasteiger partial charge in [-0.3, -0.25) is 4.79 Å². The van der Waals surface area contributed by atoms with Crippen molar-refractivity contribution in [3.05, 3.63) is 54.6 Å². The number of rotatable bonds is 5. The van der Waals surface area contributed by atoms with Gasteiger partial charge in [-0.2, -0.15) is 0 Å². The van der Waals surface area contributed by atoms with Crippen LogP contribution >= 0.6 is 0 Å². The number of para-hydroxylation sites is 1. The lowest BCUT2D eigenvalue weighted by atomic mass is 10.2. The van der Waals surface area contributed by atoms with Crippen molar-refractivity contribution in [1.29, 1.82) is 0 Å². The van der Waals surface area contributed by atoms with Crippen LogP contribution in [0, 0.1) is 0 Å². The van der Waals surface area contributed by atoms with E-state index in [1.165, 1.54) is 6.92 Å². The molecule has 0 bridgehead atoms. The molecule has 0 radical (unpaired) electrons. The summed E-state index contributed by atoms with van der Waals surface area (Å²) in [4.78, 5) is 25.0. The highest BCUT2D eigenvalue weighted by Crippen LogP contribution is 2.16. The number of nitrogens with one attached hydrogen (secondary N) is 1. The maximum atomic E-state index is 12.2. The highest BCUT2D eigenvalue weighted by Gasteiger charge is 2.19. The van der Waals surface area contributed by atoms with Gasteiger partial charge in [0.1, 0.15) is 12.4 Å². The Morgan fingerprint density at radius 3 is 2.35 bits per heavy atom. The summed E-state index contributed by atoms with van der Waals surface area (Å²) >= 11 is 0. The molecule has 2 rings (SSSR count). The highest BCUT2D eigenvalue weighted by atomic mass is 16.5. The van der Waals surface area contributed by atoms with Gasteiger partial charge in [0.15, 0.2) is 0 Å². The molecule has 3 N–H and O–H groups in total. The molecule has 2 aromatic rings. The van der Waals surface area contributed by atoms with Crippen molar-refractivity contribution in [1.82, 2.24) is 5.32 Å². The Morgan fingerprint density at radius 2 is 1.74 bits per heavy atom. The largest absolute Gasteiger partial charge is 0.492 e. The van der Waals surface area contributed by atoms with Gasteiger partial charge in [-0.15, -0.1) is 0 Å². The van der Waals surface area contributed by atoms with Gasteiger partial charge in [0.25, 0.3) is 0 Å². The van der Waals surface area contributed by atoms with Crippen LogP contribution in [0.3, 0.4) is 0 Å². The first-order chi connectivity index (χ1) is 11.1. The van der Waals surface area contributed by atoms with Crippen molar-refractivity contribution in [3.8, 4) is 5.75 Å². The quantitative estimate of drug-likeness (QED) is 0.656. The molecule has 0 atom stereocenters. The van der Waals surface area contributed by atoms with E-state index in [0.717, 1.165) is 10.6 Å². The Hall–Kier alpha value is -3.02. The lowest BCUT2D eigenvalue weighted by Gasteiger charge is -2.20. The van der Waals surface area contributed by atoms with Crippen molar-refractivity contribution in [2.45, 2.75) is 6.92 Å². The first kappa shape index (κ1) is 16.4. The summed E-state index contributed by atoms with van der Waals surface area (Å²) in [6, 6.07) is 15.3. The second kappa shape index (κ2) is 7.84. The highest BCUT2D eigenvalue weighted by molar-refractivity contribution is 6.13. The van der Waals surface area contributed by atoms with Gasteiger partial charge in [-0.05, 0) is 36.4 Å². The summed E-state index contributed by atoms with van der Waals surface area (Å²) in [5, 5.41) is 2.66. The number of anilines is 2. The molecule has 23 heavy (non-hydrogen) atoms. The first-order valence-electron chi connectivity index (χ1n) is 7.20. The zero-order valence-corrected chi connectivity index (χ0v) is 12.9. The number of nitrogens with zero attached hydrogens (tertiary/aromatic N) is 1. The number of nitrogens with two attached hydrogens (primary N) is 1. The third-order valence-corrected chi connectivity index (χ3v) is 3.06. The number of hydrogen-bond acceptors (Lipinski definition) is 4. The van der Waals surface area contributed by atoms with E-state index in [9.17, 15) is 9.59 Å². The smallest absolute Gasteiger partial charge is 0.328 e. The molecule has 0 saturated carbocycles. The molecular weight excluding hydrogens is 294 g/mol. The van der Waals surface area contributed by atoms with E-state index in [1.807, 2.05) is 30.3 Å². The molecule has 0 aromatic heterocycles. The number of hydrogen-bond donors (Lipinski definition) is 2. The Kier molecular flexibility index (Phi) is 5.57. The van der Waals surface area contributed by atoms with Gasteiger partial charge in [0.2, 0.25) is 5.91 Å². The topological polar surface area (TPSA) is 84.7 Å². The second-order valence-corrected chi connectivity index (χ2v) is 4.84. The molecule has 0 heterocycles. The Balaban J connectivity index is 1.89. The fourth-order valence-corrected chi connectivity index (χ4v) is 1.99. The number of nitrogen functional groups attached to an aromatic ring is 1. The van der Waals surface area contributed by atoms with E-state index in [2.05, 4.69) is 5.32 Å². The molecule has 3 amide bonds. The number of carbonyl (C=O) groups excluding carboxylic acids is 2. The van der Waals surface area contributed by atoms with E-state index < -0.39 is 6.03 Å². The SMILES string of the molecule is CC(=O)N(C(=O)NCCOc1ccccc1)c1ccc(N)cc1. The van der Waals surface area contributed by atoms with E-state index in [0.29, 0.717) is 18.0 Å². The molecule has 0 unspecified atom stereocenters. The van der Waals surface area contributed by atoms with Crippen LogP contribution in [-0.2, 0) is 4.79 Å². The number of amides is 3.